The first-order valence-electron chi connectivity index (χ1n) is 8.27. The molecule has 0 bridgehead atoms. The second-order valence-corrected chi connectivity index (χ2v) is 6.51. The molecule has 5 heteroatoms. The quantitative estimate of drug-likeness (QED) is 0.726. The van der Waals surface area contributed by atoms with Crippen molar-refractivity contribution in [3.63, 3.8) is 0 Å². The van der Waals surface area contributed by atoms with Gasteiger partial charge in [-0.15, -0.1) is 0 Å². The summed E-state index contributed by atoms with van der Waals surface area (Å²) in [4.78, 5) is 12.3. The van der Waals surface area contributed by atoms with Gasteiger partial charge in [0.05, 0.1) is 13.2 Å². The third kappa shape index (κ3) is 5.21. The molecular weight excluding hydrogens is 338 g/mol. The van der Waals surface area contributed by atoms with Gasteiger partial charge in [-0.1, -0.05) is 41.9 Å². The molecule has 0 aliphatic rings. The van der Waals surface area contributed by atoms with E-state index in [2.05, 4.69) is 5.32 Å². The van der Waals surface area contributed by atoms with Gasteiger partial charge < -0.3 is 9.47 Å². The Kier molecular flexibility index (Phi) is 6.85. The number of rotatable bonds is 7. The van der Waals surface area contributed by atoms with Crippen LogP contribution in [0, 0.1) is 0 Å². The first-order chi connectivity index (χ1) is 11.9. The van der Waals surface area contributed by atoms with E-state index >= 15 is 0 Å². The van der Waals surface area contributed by atoms with Gasteiger partial charge in [-0.2, -0.15) is 0 Å². The summed E-state index contributed by atoms with van der Waals surface area (Å²) in [6.45, 7) is 5.96. The number of halogens is 1. The largest absolute Gasteiger partial charge is 0.491 e. The molecule has 0 radical (unpaired) electrons. The minimum absolute atomic E-state index is 0.101. The predicted octanol–water partition coefficient (Wildman–Crippen LogP) is 4.69. The van der Waals surface area contributed by atoms with Crippen LogP contribution in [0.4, 0.5) is 0 Å². The summed E-state index contributed by atoms with van der Waals surface area (Å²) in [6.07, 6.45) is 0.101. The van der Waals surface area contributed by atoms with Crippen molar-refractivity contribution in [2.45, 2.75) is 39.0 Å². The third-order valence-electron chi connectivity index (χ3n) is 3.80. The summed E-state index contributed by atoms with van der Waals surface area (Å²) < 4.78 is 10.7. The maximum atomic E-state index is 12.3. The normalized spacial score (nSPS) is 13.4. The van der Waals surface area contributed by atoms with E-state index in [0.29, 0.717) is 10.6 Å². The van der Waals surface area contributed by atoms with Crippen molar-refractivity contribution in [2.75, 3.05) is 7.11 Å². The molecule has 0 aliphatic carbocycles. The van der Waals surface area contributed by atoms with Crippen LogP contribution in [-0.2, 0) is 9.53 Å². The molecule has 0 heterocycles. The lowest BCUT2D eigenvalue weighted by molar-refractivity contribution is -0.143. The molecule has 0 saturated carbocycles. The molecule has 2 aromatic carbocycles. The maximum absolute atomic E-state index is 12.3. The molecule has 0 aliphatic heterocycles. The number of hydrogen-bond donors (Lipinski definition) is 1. The minimum Gasteiger partial charge on any atom is -0.491 e. The Morgan fingerprint density at radius 3 is 2.44 bits per heavy atom. The van der Waals surface area contributed by atoms with Crippen LogP contribution in [0.2, 0.25) is 5.02 Å². The Morgan fingerprint density at radius 1 is 1.08 bits per heavy atom. The fourth-order valence-electron chi connectivity index (χ4n) is 2.59. The minimum atomic E-state index is -0.650. The molecule has 1 N–H and O–H groups in total. The van der Waals surface area contributed by atoms with Crippen LogP contribution in [0.15, 0.2) is 48.5 Å². The lowest BCUT2D eigenvalue weighted by Crippen LogP contribution is -2.32. The van der Waals surface area contributed by atoms with E-state index in [1.54, 1.807) is 6.07 Å². The van der Waals surface area contributed by atoms with Gasteiger partial charge in [0.15, 0.2) is 0 Å². The number of benzene rings is 2. The van der Waals surface area contributed by atoms with Crippen molar-refractivity contribution in [1.82, 2.24) is 5.32 Å². The van der Waals surface area contributed by atoms with Crippen LogP contribution in [0.25, 0.3) is 0 Å². The van der Waals surface area contributed by atoms with Gasteiger partial charge >= 0.3 is 5.97 Å². The summed E-state index contributed by atoms with van der Waals surface area (Å²) >= 11 is 6.26. The lowest BCUT2D eigenvalue weighted by atomic mass is 10.0. The van der Waals surface area contributed by atoms with Crippen molar-refractivity contribution < 1.29 is 14.3 Å². The van der Waals surface area contributed by atoms with Gasteiger partial charge in [0.2, 0.25) is 0 Å². The fraction of sp³-hybridized carbons (Fsp3) is 0.350. The average Bonchev–Trinajstić information content (AvgIpc) is 2.59. The van der Waals surface area contributed by atoms with Gasteiger partial charge in [0.25, 0.3) is 0 Å². The van der Waals surface area contributed by atoms with Crippen LogP contribution in [0.3, 0.4) is 0 Å². The monoisotopic (exact) mass is 361 g/mol. The van der Waals surface area contributed by atoms with E-state index in [9.17, 15) is 4.79 Å². The highest BCUT2D eigenvalue weighted by Gasteiger charge is 2.25. The molecule has 2 atom stereocenters. The molecular formula is C20H24ClNO3. The summed E-state index contributed by atoms with van der Waals surface area (Å²) in [7, 11) is 1.37. The zero-order valence-electron chi connectivity index (χ0n) is 15.0. The molecule has 0 fully saturated rings. The van der Waals surface area contributed by atoms with E-state index in [1.807, 2.05) is 63.2 Å². The highest BCUT2D eigenvalue weighted by Crippen LogP contribution is 2.27. The fourth-order valence-corrected chi connectivity index (χ4v) is 2.83. The zero-order chi connectivity index (χ0) is 18.4. The molecule has 0 aromatic heterocycles. The number of nitrogens with one attached hydrogen (secondary N) is 1. The van der Waals surface area contributed by atoms with E-state index in [-0.39, 0.29) is 18.1 Å². The smallest absolute Gasteiger partial charge is 0.327 e. The summed E-state index contributed by atoms with van der Waals surface area (Å²) in [5.74, 6) is 0.419. The van der Waals surface area contributed by atoms with Gasteiger partial charge in [-0.25, -0.2) is 4.79 Å². The predicted molar refractivity (Wildman–Crippen MR) is 100.0 cm³/mol. The second-order valence-electron chi connectivity index (χ2n) is 6.11. The van der Waals surface area contributed by atoms with Gasteiger partial charge in [-0.05, 0) is 50.1 Å². The van der Waals surface area contributed by atoms with Crippen molar-refractivity contribution in [3.8, 4) is 5.75 Å². The van der Waals surface area contributed by atoms with E-state index in [1.165, 1.54) is 7.11 Å². The van der Waals surface area contributed by atoms with E-state index in [0.717, 1.165) is 11.3 Å². The molecule has 4 nitrogen and oxygen atoms in total. The van der Waals surface area contributed by atoms with Crippen LogP contribution in [-0.4, -0.2) is 19.2 Å². The Hall–Kier alpha value is -2.04. The maximum Gasteiger partial charge on any atom is 0.327 e. The van der Waals surface area contributed by atoms with Crippen LogP contribution < -0.4 is 10.1 Å². The van der Waals surface area contributed by atoms with E-state index in [4.69, 9.17) is 21.1 Å². The van der Waals surface area contributed by atoms with Crippen LogP contribution in [0.1, 0.15) is 44.0 Å². The van der Waals surface area contributed by atoms with E-state index < -0.39 is 6.04 Å². The highest BCUT2D eigenvalue weighted by atomic mass is 35.5. The first-order valence-corrected chi connectivity index (χ1v) is 8.65. The zero-order valence-corrected chi connectivity index (χ0v) is 15.7. The SMILES string of the molecule is COC(=O)C(NC(C)c1cccc(OC(C)C)c1)c1ccccc1Cl. The number of carbonyl (C=O) groups excluding carboxylic acids is 1. The van der Waals surface area contributed by atoms with Gasteiger partial charge in [0.1, 0.15) is 11.8 Å². The number of esters is 1. The summed E-state index contributed by atoms with van der Waals surface area (Å²) in [5, 5.41) is 3.83. The van der Waals surface area contributed by atoms with Gasteiger partial charge in [-0.3, -0.25) is 5.32 Å². The first kappa shape index (κ1) is 19.3. The molecule has 0 saturated heterocycles. The van der Waals surface area contributed by atoms with Crippen LogP contribution >= 0.6 is 11.6 Å². The van der Waals surface area contributed by atoms with Crippen molar-refractivity contribution >= 4 is 17.6 Å². The third-order valence-corrected chi connectivity index (χ3v) is 4.14. The number of ether oxygens (including phenoxy) is 2. The van der Waals surface area contributed by atoms with Crippen LogP contribution in [0.5, 0.6) is 5.75 Å². The molecule has 2 unspecified atom stereocenters. The topological polar surface area (TPSA) is 47.6 Å². The highest BCUT2D eigenvalue weighted by molar-refractivity contribution is 6.31. The molecule has 0 spiro atoms. The van der Waals surface area contributed by atoms with Crippen molar-refractivity contribution in [3.05, 3.63) is 64.7 Å². The average molecular weight is 362 g/mol. The Bertz CT molecular complexity index is 718. The van der Waals surface area contributed by atoms with Gasteiger partial charge in [0, 0.05) is 11.1 Å². The molecule has 2 aromatic rings. The Balaban J connectivity index is 2.24. The number of hydrogen-bond acceptors (Lipinski definition) is 4. The number of carbonyl (C=O) groups is 1. The molecule has 2 rings (SSSR count). The molecule has 25 heavy (non-hydrogen) atoms. The summed E-state index contributed by atoms with van der Waals surface area (Å²) in [5.41, 5.74) is 1.71. The Labute approximate surface area is 154 Å². The lowest BCUT2D eigenvalue weighted by Gasteiger charge is -2.23. The van der Waals surface area contributed by atoms with Crippen molar-refractivity contribution in [1.29, 1.82) is 0 Å². The standard InChI is InChI=1S/C20H24ClNO3/c1-13(2)25-16-9-7-8-15(12-16)14(3)22-19(20(23)24-4)17-10-5-6-11-18(17)21/h5-14,19,22H,1-4H3. The summed E-state index contributed by atoms with van der Waals surface area (Å²) in [6, 6.07) is 14.3. The second kappa shape index (κ2) is 8.88. The number of methoxy groups -OCH3 is 1. The molecule has 0 amide bonds. The molecule has 134 valence electrons. The Morgan fingerprint density at radius 2 is 1.80 bits per heavy atom. The van der Waals surface area contributed by atoms with Crippen molar-refractivity contribution in [2.24, 2.45) is 0 Å².